The monoisotopic (exact) mass is 412 g/mol. The number of hydrogen-bond acceptors (Lipinski definition) is 3. The Bertz CT molecular complexity index is 800. The maximum absolute atomic E-state index is 5.99. The zero-order valence-corrected chi connectivity index (χ0v) is 19.2. The van der Waals surface area contributed by atoms with E-state index in [1.807, 2.05) is 6.07 Å². The molecule has 2 aromatic carbocycles. The molecule has 1 aliphatic rings. The fourth-order valence-electron chi connectivity index (χ4n) is 4.68. The molecule has 0 unspecified atom stereocenters. The average Bonchev–Trinajstić information content (AvgIpc) is 2.73. The highest BCUT2D eigenvalue weighted by Gasteiger charge is 2.34. The van der Waals surface area contributed by atoms with Crippen LogP contribution in [0.3, 0.4) is 0 Å². The van der Waals surface area contributed by atoms with Crippen molar-refractivity contribution in [2.75, 3.05) is 27.4 Å². The summed E-state index contributed by atoms with van der Waals surface area (Å²) in [5.41, 5.74) is 4.04. The van der Waals surface area contributed by atoms with Crippen LogP contribution in [-0.4, -0.2) is 33.0 Å². The van der Waals surface area contributed by atoms with E-state index >= 15 is 0 Å². The molecule has 30 heavy (non-hydrogen) atoms. The molecule has 3 rings (SSSR count). The molecule has 1 saturated heterocycles. The first-order valence-corrected chi connectivity index (χ1v) is 11.1. The summed E-state index contributed by atoms with van der Waals surface area (Å²) in [4.78, 5) is 0. The topological polar surface area (TPSA) is 44.3 Å². The standard InChI is InChI=1S/C26H37NO3/c1-19-6-9-21(10-7-19)23(22-13-15-30-26(2,3)17-22)12-14-27-18-20-8-11-24(28-4)25(16-20)29-5/h6-11,16,22-23,27H,12-15,17-18H2,1-5H3/p+1/t22-,23-/m1/s1. The Hall–Kier alpha value is -2.04. The van der Waals surface area contributed by atoms with E-state index in [0.29, 0.717) is 11.8 Å². The van der Waals surface area contributed by atoms with Crippen molar-refractivity contribution in [3.05, 3.63) is 59.2 Å². The van der Waals surface area contributed by atoms with Crippen LogP contribution in [0.2, 0.25) is 0 Å². The number of methoxy groups -OCH3 is 2. The van der Waals surface area contributed by atoms with Crippen molar-refractivity contribution in [3.8, 4) is 11.5 Å². The molecule has 0 aromatic heterocycles. The molecule has 4 heteroatoms. The van der Waals surface area contributed by atoms with Crippen molar-refractivity contribution in [2.45, 2.75) is 58.1 Å². The summed E-state index contributed by atoms with van der Waals surface area (Å²) in [6.45, 7) is 9.54. The van der Waals surface area contributed by atoms with Crippen LogP contribution in [0, 0.1) is 12.8 Å². The molecular formula is C26H38NO3+. The Balaban J connectivity index is 1.63. The highest BCUT2D eigenvalue weighted by atomic mass is 16.5. The fourth-order valence-corrected chi connectivity index (χ4v) is 4.68. The van der Waals surface area contributed by atoms with Gasteiger partial charge in [0.1, 0.15) is 6.54 Å². The Morgan fingerprint density at radius 3 is 2.47 bits per heavy atom. The largest absolute Gasteiger partial charge is 0.493 e. The van der Waals surface area contributed by atoms with Gasteiger partial charge < -0.3 is 19.5 Å². The molecule has 1 heterocycles. The van der Waals surface area contributed by atoms with Gasteiger partial charge >= 0.3 is 0 Å². The minimum Gasteiger partial charge on any atom is -0.493 e. The first-order chi connectivity index (χ1) is 14.4. The van der Waals surface area contributed by atoms with Crippen molar-refractivity contribution in [1.29, 1.82) is 0 Å². The first-order valence-electron chi connectivity index (χ1n) is 11.1. The summed E-state index contributed by atoms with van der Waals surface area (Å²) >= 11 is 0. The van der Waals surface area contributed by atoms with Gasteiger partial charge in [-0.25, -0.2) is 0 Å². The number of hydrogen-bond donors (Lipinski definition) is 1. The lowest BCUT2D eigenvalue weighted by atomic mass is 9.75. The molecule has 2 atom stereocenters. The van der Waals surface area contributed by atoms with Crippen molar-refractivity contribution < 1.29 is 19.5 Å². The van der Waals surface area contributed by atoms with E-state index in [1.54, 1.807) is 14.2 Å². The van der Waals surface area contributed by atoms with E-state index in [1.165, 1.54) is 23.1 Å². The van der Waals surface area contributed by atoms with E-state index < -0.39 is 0 Å². The number of benzene rings is 2. The summed E-state index contributed by atoms with van der Waals surface area (Å²) in [5, 5.41) is 2.41. The van der Waals surface area contributed by atoms with E-state index in [2.05, 4.69) is 62.5 Å². The van der Waals surface area contributed by atoms with Gasteiger partial charge in [-0.1, -0.05) is 29.8 Å². The number of rotatable bonds is 9. The predicted octanol–water partition coefficient (Wildman–Crippen LogP) is 4.45. The quantitative estimate of drug-likeness (QED) is 0.619. The first kappa shape index (κ1) is 22.6. The van der Waals surface area contributed by atoms with E-state index in [0.717, 1.165) is 44.0 Å². The van der Waals surface area contributed by atoms with Gasteiger partial charge in [-0.2, -0.15) is 0 Å². The molecule has 164 valence electrons. The van der Waals surface area contributed by atoms with Crippen molar-refractivity contribution in [3.63, 3.8) is 0 Å². The van der Waals surface area contributed by atoms with Crippen molar-refractivity contribution in [1.82, 2.24) is 0 Å². The Morgan fingerprint density at radius 2 is 1.80 bits per heavy atom. The lowest BCUT2D eigenvalue weighted by molar-refractivity contribution is -0.671. The molecule has 1 aliphatic heterocycles. The molecule has 4 nitrogen and oxygen atoms in total. The van der Waals surface area contributed by atoms with Gasteiger partial charge in [-0.3, -0.25) is 0 Å². The van der Waals surface area contributed by atoms with Crippen molar-refractivity contribution in [2.24, 2.45) is 5.92 Å². The third-order valence-electron chi connectivity index (χ3n) is 6.32. The smallest absolute Gasteiger partial charge is 0.161 e. The maximum atomic E-state index is 5.99. The van der Waals surface area contributed by atoms with Crippen LogP contribution in [0.4, 0.5) is 0 Å². The van der Waals surface area contributed by atoms with Gasteiger partial charge in [0.2, 0.25) is 0 Å². The Labute approximate surface area is 181 Å². The molecule has 0 aliphatic carbocycles. The van der Waals surface area contributed by atoms with E-state index in [4.69, 9.17) is 14.2 Å². The number of ether oxygens (including phenoxy) is 3. The van der Waals surface area contributed by atoms with Gasteiger partial charge in [0.25, 0.3) is 0 Å². The highest BCUT2D eigenvalue weighted by molar-refractivity contribution is 5.42. The van der Waals surface area contributed by atoms with Gasteiger partial charge in [-0.15, -0.1) is 0 Å². The molecule has 0 radical (unpaired) electrons. The van der Waals surface area contributed by atoms with Crippen LogP contribution in [0.15, 0.2) is 42.5 Å². The normalized spacial score (nSPS) is 19.3. The predicted molar refractivity (Wildman–Crippen MR) is 121 cm³/mol. The van der Waals surface area contributed by atoms with Crippen LogP contribution < -0.4 is 14.8 Å². The molecule has 0 amide bonds. The molecule has 1 fully saturated rings. The summed E-state index contributed by atoms with van der Waals surface area (Å²) in [6, 6.07) is 15.3. The van der Waals surface area contributed by atoms with Crippen LogP contribution in [0.5, 0.6) is 11.5 Å². The Kier molecular flexibility index (Phi) is 7.79. The maximum Gasteiger partial charge on any atom is 0.161 e. The third-order valence-corrected chi connectivity index (χ3v) is 6.32. The van der Waals surface area contributed by atoms with Gasteiger partial charge in [0.15, 0.2) is 11.5 Å². The van der Waals surface area contributed by atoms with Crippen LogP contribution >= 0.6 is 0 Å². The zero-order valence-electron chi connectivity index (χ0n) is 19.2. The minimum atomic E-state index is -0.0186. The molecule has 0 spiro atoms. The lowest BCUT2D eigenvalue weighted by Gasteiger charge is -2.39. The van der Waals surface area contributed by atoms with Gasteiger partial charge in [0, 0.05) is 18.6 Å². The van der Waals surface area contributed by atoms with E-state index in [-0.39, 0.29) is 5.60 Å². The summed E-state index contributed by atoms with van der Waals surface area (Å²) in [7, 11) is 3.36. The van der Waals surface area contributed by atoms with E-state index in [9.17, 15) is 0 Å². The summed E-state index contributed by atoms with van der Waals surface area (Å²) in [6.07, 6.45) is 3.45. The lowest BCUT2D eigenvalue weighted by Crippen LogP contribution is -2.82. The molecule has 0 bridgehead atoms. The fraction of sp³-hybridized carbons (Fsp3) is 0.538. The second-order valence-electron chi connectivity index (χ2n) is 9.14. The molecule has 0 saturated carbocycles. The second kappa shape index (κ2) is 10.3. The van der Waals surface area contributed by atoms with Crippen LogP contribution in [0.1, 0.15) is 55.7 Å². The average molecular weight is 413 g/mol. The van der Waals surface area contributed by atoms with Gasteiger partial charge in [0.05, 0.1) is 26.4 Å². The molecular weight excluding hydrogens is 374 g/mol. The number of aryl methyl sites for hydroxylation is 1. The summed E-state index contributed by atoms with van der Waals surface area (Å²) in [5.74, 6) is 2.83. The highest BCUT2D eigenvalue weighted by Crippen LogP contribution is 2.39. The second-order valence-corrected chi connectivity index (χ2v) is 9.14. The number of nitrogens with two attached hydrogens (primary N) is 1. The van der Waals surface area contributed by atoms with Crippen molar-refractivity contribution >= 4 is 0 Å². The SMILES string of the molecule is COc1ccc(C[NH2+]CC[C@H](c2ccc(C)cc2)[C@@H]2CCOC(C)(C)C2)cc1OC. The molecule has 2 aromatic rings. The third kappa shape index (κ3) is 5.99. The minimum absolute atomic E-state index is 0.0186. The summed E-state index contributed by atoms with van der Waals surface area (Å²) < 4.78 is 16.8. The molecule has 2 N–H and O–H groups in total. The zero-order chi connectivity index (χ0) is 21.6. The van der Waals surface area contributed by atoms with Crippen LogP contribution in [-0.2, 0) is 11.3 Å². The van der Waals surface area contributed by atoms with Gasteiger partial charge in [-0.05, 0) is 69.2 Å². The Morgan fingerprint density at radius 1 is 1.07 bits per heavy atom. The number of quaternary nitrogens is 1. The van der Waals surface area contributed by atoms with Crippen LogP contribution in [0.25, 0.3) is 0 Å².